The molecule has 0 aliphatic heterocycles. The number of carbonyl (C=O) groups excluding carboxylic acids is 1. The van der Waals surface area contributed by atoms with Crippen molar-refractivity contribution in [3.8, 4) is 0 Å². The number of alkyl carbamates (subject to hydrolysis) is 1. The van der Waals surface area contributed by atoms with Gasteiger partial charge in [-0.1, -0.05) is 19.0 Å². The van der Waals surface area contributed by atoms with Gasteiger partial charge in [0, 0.05) is 6.54 Å². The van der Waals surface area contributed by atoms with Crippen molar-refractivity contribution in [2.45, 2.75) is 59.5 Å². The number of nitrogens with one attached hydrogen (secondary N) is 1. The monoisotopic (exact) mass is 258 g/mol. The van der Waals surface area contributed by atoms with Crippen molar-refractivity contribution in [2.75, 3.05) is 6.54 Å². The molecule has 0 bridgehead atoms. The molecule has 0 aliphatic rings. The molecule has 0 aromatic heterocycles. The van der Waals surface area contributed by atoms with E-state index in [4.69, 9.17) is 9.94 Å². The first-order chi connectivity index (χ1) is 8.24. The van der Waals surface area contributed by atoms with Crippen molar-refractivity contribution >= 4 is 11.8 Å². The number of amides is 1. The Hall–Kier alpha value is -1.26. The van der Waals surface area contributed by atoms with Crippen LogP contribution in [0.3, 0.4) is 0 Å². The first-order valence-corrected chi connectivity index (χ1v) is 6.41. The summed E-state index contributed by atoms with van der Waals surface area (Å²) >= 11 is 0. The number of rotatable bonds is 6. The highest BCUT2D eigenvalue weighted by Gasteiger charge is 2.15. The minimum atomic E-state index is -0.473. The van der Waals surface area contributed by atoms with E-state index in [0.717, 1.165) is 18.6 Å². The lowest BCUT2D eigenvalue weighted by Crippen LogP contribution is -2.33. The lowest BCUT2D eigenvalue weighted by molar-refractivity contribution is 0.0527. The molecule has 0 aromatic carbocycles. The topological polar surface area (TPSA) is 70.9 Å². The van der Waals surface area contributed by atoms with Crippen LogP contribution in [0.25, 0.3) is 0 Å². The van der Waals surface area contributed by atoms with Crippen molar-refractivity contribution in [2.24, 2.45) is 11.1 Å². The molecule has 0 saturated heterocycles. The van der Waals surface area contributed by atoms with Gasteiger partial charge in [-0.25, -0.2) is 4.79 Å². The van der Waals surface area contributed by atoms with Crippen molar-refractivity contribution in [3.63, 3.8) is 0 Å². The molecule has 1 amide bonds. The van der Waals surface area contributed by atoms with E-state index in [-0.39, 0.29) is 0 Å². The molecule has 0 radical (unpaired) electrons. The Morgan fingerprint density at radius 2 is 2.00 bits per heavy atom. The van der Waals surface area contributed by atoms with Crippen LogP contribution in [0.5, 0.6) is 0 Å². The van der Waals surface area contributed by atoms with Gasteiger partial charge in [-0.15, -0.1) is 0 Å². The molecular formula is C13H26N2O3. The fourth-order valence-electron chi connectivity index (χ4n) is 1.46. The van der Waals surface area contributed by atoms with Crippen LogP contribution < -0.4 is 5.32 Å². The molecular weight excluding hydrogens is 232 g/mol. The fourth-order valence-corrected chi connectivity index (χ4v) is 1.46. The highest BCUT2D eigenvalue weighted by Crippen LogP contribution is 2.07. The molecule has 0 saturated carbocycles. The molecule has 5 heteroatoms. The summed E-state index contributed by atoms with van der Waals surface area (Å²) < 4.78 is 5.11. The second kappa shape index (κ2) is 7.95. The quantitative estimate of drug-likeness (QED) is 0.333. The number of nitrogens with zero attached hydrogens (tertiary/aromatic N) is 1. The van der Waals surface area contributed by atoms with Crippen LogP contribution in [-0.4, -0.2) is 29.2 Å². The van der Waals surface area contributed by atoms with Crippen LogP contribution >= 0.6 is 0 Å². The molecule has 0 heterocycles. The average Bonchev–Trinajstić information content (AvgIpc) is 2.19. The summed E-state index contributed by atoms with van der Waals surface area (Å²) in [5.74, 6) is 0.467. The van der Waals surface area contributed by atoms with E-state index < -0.39 is 11.7 Å². The van der Waals surface area contributed by atoms with Gasteiger partial charge in [0.05, 0.1) is 5.71 Å². The number of ether oxygens (including phenoxy) is 1. The summed E-state index contributed by atoms with van der Waals surface area (Å²) in [4.78, 5) is 11.3. The van der Waals surface area contributed by atoms with Crippen LogP contribution in [-0.2, 0) is 4.74 Å². The number of hydrogen-bond donors (Lipinski definition) is 2. The Morgan fingerprint density at radius 3 is 2.44 bits per heavy atom. The summed E-state index contributed by atoms with van der Waals surface area (Å²) in [6, 6.07) is 0. The lowest BCUT2D eigenvalue weighted by Gasteiger charge is -2.19. The normalized spacial score (nSPS) is 12.7. The van der Waals surface area contributed by atoms with Crippen LogP contribution in [0, 0.1) is 5.92 Å². The first kappa shape index (κ1) is 16.7. The Kier molecular flexibility index (Phi) is 7.39. The second-order valence-corrected chi connectivity index (χ2v) is 5.80. The predicted octanol–water partition coefficient (Wildman–Crippen LogP) is 3.17. The van der Waals surface area contributed by atoms with E-state index >= 15 is 0 Å². The highest BCUT2D eigenvalue weighted by atomic mass is 16.6. The smallest absolute Gasteiger partial charge is 0.407 e. The maximum Gasteiger partial charge on any atom is 0.407 e. The second-order valence-electron chi connectivity index (χ2n) is 5.80. The van der Waals surface area contributed by atoms with Gasteiger partial charge in [0.1, 0.15) is 5.60 Å². The molecule has 18 heavy (non-hydrogen) atoms. The molecule has 0 aromatic rings. The van der Waals surface area contributed by atoms with E-state index in [1.807, 2.05) is 20.8 Å². The Morgan fingerprint density at radius 1 is 1.39 bits per heavy atom. The molecule has 0 aliphatic carbocycles. The fraction of sp³-hybridized carbons (Fsp3) is 0.846. The summed E-state index contributed by atoms with van der Waals surface area (Å²) in [7, 11) is 0. The van der Waals surface area contributed by atoms with Gasteiger partial charge >= 0.3 is 6.09 Å². The molecule has 2 N–H and O–H groups in total. The standard InChI is InChI=1S/C13H26N2O3/c1-10(2)9-11(15-17)7-6-8-14-12(16)18-13(3,4)5/h10,17H,6-9H2,1-5H3,(H,14,16)/b15-11-. The Bertz CT molecular complexity index is 280. The number of carbonyl (C=O) groups is 1. The molecule has 106 valence electrons. The molecule has 5 nitrogen and oxygen atoms in total. The van der Waals surface area contributed by atoms with Gasteiger partial charge in [0.2, 0.25) is 0 Å². The highest BCUT2D eigenvalue weighted by molar-refractivity contribution is 5.84. The number of hydrogen-bond acceptors (Lipinski definition) is 4. The van der Waals surface area contributed by atoms with Crippen molar-refractivity contribution < 1.29 is 14.7 Å². The number of oxime groups is 1. The minimum absolute atomic E-state index is 0.408. The average molecular weight is 258 g/mol. The van der Waals surface area contributed by atoms with Crippen molar-refractivity contribution in [1.29, 1.82) is 0 Å². The van der Waals surface area contributed by atoms with E-state index in [1.54, 1.807) is 0 Å². The van der Waals surface area contributed by atoms with E-state index in [2.05, 4.69) is 24.3 Å². The molecule has 0 spiro atoms. The first-order valence-electron chi connectivity index (χ1n) is 6.41. The maximum atomic E-state index is 11.3. The van der Waals surface area contributed by atoms with Crippen LogP contribution in [0.15, 0.2) is 5.16 Å². The maximum absolute atomic E-state index is 11.3. The van der Waals surface area contributed by atoms with E-state index in [9.17, 15) is 4.79 Å². The van der Waals surface area contributed by atoms with Crippen molar-refractivity contribution in [3.05, 3.63) is 0 Å². The largest absolute Gasteiger partial charge is 0.444 e. The van der Waals surface area contributed by atoms with Crippen molar-refractivity contribution in [1.82, 2.24) is 5.32 Å². The van der Waals surface area contributed by atoms with Crippen LogP contribution in [0.2, 0.25) is 0 Å². The summed E-state index contributed by atoms with van der Waals surface area (Å²) in [6.45, 7) is 10.1. The zero-order valence-corrected chi connectivity index (χ0v) is 12.1. The molecule has 0 fully saturated rings. The Balaban J connectivity index is 3.76. The summed E-state index contributed by atoms with van der Waals surface area (Å²) in [6.07, 6.45) is 1.80. The third-order valence-corrected chi connectivity index (χ3v) is 2.10. The minimum Gasteiger partial charge on any atom is -0.444 e. The predicted molar refractivity (Wildman–Crippen MR) is 72.1 cm³/mol. The van der Waals surface area contributed by atoms with E-state index in [0.29, 0.717) is 18.9 Å². The van der Waals surface area contributed by atoms with Gasteiger partial charge in [-0.05, 0) is 46.0 Å². The summed E-state index contributed by atoms with van der Waals surface area (Å²) in [5.41, 5.74) is 0.301. The van der Waals surface area contributed by atoms with Crippen LogP contribution in [0.4, 0.5) is 4.79 Å². The van der Waals surface area contributed by atoms with Gasteiger partial charge in [0.25, 0.3) is 0 Å². The van der Waals surface area contributed by atoms with Gasteiger partial charge in [0.15, 0.2) is 0 Å². The molecule has 0 rings (SSSR count). The zero-order chi connectivity index (χ0) is 14.2. The third kappa shape index (κ3) is 9.93. The third-order valence-electron chi connectivity index (χ3n) is 2.10. The molecule has 0 atom stereocenters. The molecule has 0 unspecified atom stereocenters. The van der Waals surface area contributed by atoms with Gasteiger partial charge in [-0.3, -0.25) is 0 Å². The van der Waals surface area contributed by atoms with Gasteiger partial charge < -0.3 is 15.3 Å². The summed E-state index contributed by atoms with van der Waals surface area (Å²) in [5, 5.41) is 14.8. The zero-order valence-electron chi connectivity index (χ0n) is 12.1. The van der Waals surface area contributed by atoms with Gasteiger partial charge in [-0.2, -0.15) is 0 Å². The SMILES string of the molecule is CC(C)C/C(CCCNC(=O)OC(C)(C)C)=N\O. The van der Waals surface area contributed by atoms with Crippen LogP contribution in [0.1, 0.15) is 53.9 Å². The lowest BCUT2D eigenvalue weighted by atomic mass is 10.0. The Labute approximate surface area is 110 Å². The van der Waals surface area contributed by atoms with E-state index in [1.165, 1.54) is 0 Å².